The third kappa shape index (κ3) is 4.71. The maximum Gasteiger partial charge on any atom is 0.251 e. The van der Waals surface area contributed by atoms with Crippen LogP contribution in [-0.4, -0.2) is 37.1 Å². The minimum atomic E-state index is -0.0266. The van der Waals surface area contributed by atoms with Crippen LogP contribution in [0.2, 0.25) is 0 Å². The van der Waals surface area contributed by atoms with E-state index in [4.69, 9.17) is 4.74 Å². The monoisotopic (exact) mass is 352 g/mol. The number of morpholine rings is 1. The van der Waals surface area contributed by atoms with Crippen molar-refractivity contribution in [3.63, 3.8) is 0 Å². The van der Waals surface area contributed by atoms with E-state index < -0.39 is 0 Å². The fourth-order valence-corrected chi connectivity index (χ4v) is 3.50. The molecule has 4 nitrogen and oxygen atoms in total. The lowest BCUT2D eigenvalue weighted by Gasteiger charge is -2.26. The van der Waals surface area contributed by atoms with Gasteiger partial charge in [-0.3, -0.25) is 9.69 Å². The highest BCUT2D eigenvalue weighted by Gasteiger charge is 2.15. The average Bonchev–Trinajstić information content (AvgIpc) is 2.62. The van der Waals surface area contributed by atoms with Gasteiger partial charge in [-0.05, 0) is 49.6 Å². The Balaban J connectivity index is 1.66. The van der Waals surface area contributed by atoms with Gasteiger partial charge in [-0.25, -0.2) is 0 Å². The third-order valence-corrected chi connectivity index (χ3v) is 4.94. The summed E-state index contributed by atoms with van der Waals surface area (Å²) in [7, 11) is 0. The van der Waals surface area contributed by atoms with E-state index in [1.165, 1.54) is 16.7 Å². The van der Waals surface area contributed by atoms with Gasteiger partial charge in [0.05, 0.1) is 19.3 Å². The first kappa shape index (κ1) is 18.6. The van der Waals surface area contributed by atoms with Gasteiger partial charge >= 0.3 is 0 Å². The van der Waals surface area contributed by atoms with E-state index in [9.17, 15) is 4.79 Å². The summed E-state index contributed by atoms with van der Waals surface area (Å²) in [6, 6.07) is 14.3. The molecule has 0 aromatic heterocycles. The fourth-order valence-electron chi connectivity index (χ4n) is 3.50. The van der Waals surface area contributed by atoms with E-state index in [1.807, 2.05) is 25.1 Å². The topological polar surface area (TPSA) is 41.6 Å². The molecule has 1 fully saturated rings. The average molecular weight is 352 g/mol. The van der Waals surface area contributed by atoms with Gasteiger partial charge < -0.3 is 10.1 Å². The van der Waals surface area contributed by atoms with Crippen LogP contribution in [0.15, 0.2) is 42.5 Å². The summed E-state index contributed by atoms with van der Waals surface area (Å²) < 4.78 is 5.40. The quantitative estimate of drug-likeness (QED) is 0.893. The summed E-state index contributed by atoms with van der Waals surface area (Å²) >= 11 is 0. The molecule has 0 radical (unpaired) electrons. The molecule has 0 saturated carbocycles. The molecule has 138 valence electrons. The van der Waals surface area contributed by atoms with Crippen LogP contribution >= 0.6 is 0 Å². The van der Waals surface area contributed by atoms with Crippen LogP contribution in [0.4, 0.5) is 0 Å². The Hall–Kier alpha value is -2.17. The molecule has 1 aliphatic heterocycles. The van der Waals surface area contributed by atoms with Gasteiger partial charge in [0.15, 0.2) is 0 Å². The van der Waals surface area contributed by atoms with Gasteiger partial charge in [0.2, 0.25) is 0 Å². The normalized spacial score (nSPS) is 16.3. The number of carbonyl (C=O) groups excluding carboxylic acids is 1. The molecule has 1 amide bonds. The number of hydrogen-bond acceptors (Lipinski definition) is 3. The van der Waals surface area contributed by atoms with Crippen molar-refractivity contribution in [2.75, 3.05) is 26.3 Å². The Morgan fingerprint density at radius 2 is 1.92 bits per heavy atom. The van der Waals surface area contributed by atoms with Crippen LogP contribution in [0, 0.1) is 13.8 Å². The van der Waals surface area contributed by atoms with Gasteiger partial charge in [-0.15, -0.1) is 0 Å². The van der Waals surface area contributed by atoms with Crippen molar-refractivity contribution in [3.05, 3.63) is 70.3 Å². The Kier molecular flexibility index (Phi) is 6.07. The fraction of sp³-hybridized carbons (Fsp3) is 0.409. The first-order valence-corrected chi connectivity index (χ1v) is 9.30. The van der Waals surface area contributed by atoms with E-state index >= 15 is 0 Å². The predicted molar refractivity (Wildman–Crippen MR) is 104 cm³/mol. The van der Waals surface area contributed by atoms with Gasteiger partial charge in [-0.2, -0.15) is 0 Å². The first-order valence-electron chi connectivity index (χ1n) is 9.30. The molecule has 2 aromatic carbocycles. The molecule has 1 heterocycles. The molecule has 0 spiro atoms. The zero-order valence-corrected chi connectivity index (χ0v) is 15.9. The summed E-state index contributed by atoms with van der Waals surface area (Å²) in [4.78, 5) is 15.1. The van der Waals surface area contributed by atoms with Crippen molar-refractivity contribution in [1.82, 2.24) is 10.2 Å². The third-order valence-electron chi connectivity index (χ3n) is 4.94. The highest BCUT2D eigenvalue weighted by atomic mass is 16.5. The number of nitrogens with zero attached hydrogens (tertiary/aromatic N) is 1. The SMILES string of the molecule is Cc1ccc([C@H](C)NC(=O)c2cccc(CN3CCOCC3)c2)c(C)c1. The predicted octanol–water partition coefficient (Wildman–Crippen LogP) is 3.63. The van der Waals surface area contributed by atoms with E-state index in [0.717, 1.165) is 38.4 Å². The van der Waals surface area contributed by atoms with E-state index in [0.29, 0.717) is 5.56 Å². The molecule has 0 aliphatic carbocycles. The van der Waals surface area contributed by atoms with Crippen LogP contribution in [0.3, 0.4) is 0 Å². The highest BCUT2D eigenvalue weighted by molar-refractivity contribution is 5.94. The second kappa shape index (κ2) is 8.47. The molecule has 0 bridgehead atoms. The summed E-state index contributed by atoms with van der Waals surface area (Å²) in [5.74, 6) is -0.0266. The molecule has 1 N–H and O–H groups in total. The van der Waals surface area contributed by atoms with Crippen LogP contribution in [0.25, 0.3) is 0 Å². The second-order valence-electron chi connectivity index (χ2n) is 7.14. The number of carbonyl (C=O) groups is 1. The zero-order valence-electron chi connectivity index (χ0n) is 15.9. The summed E-state index contributed by atoms with van der Waals surface area (Å²) in [5, 5.41) is 3.13. The number of hydrogen-bond donors (Lipinski definition) is 1. The highest BCUT2D eigenvalue weighted by Crippen LogP contribution is 2.19. The number of nitrogens with one attached hydrogen (secondary N) is 1. The number of amides is 1. The molecule has 1 atom stereocenters. The lowest BCUT2D eigenvalue weighted by atomic mass is 10.00. The standard InChI is InChI=1S/C22H28N2O2/c1-16-7-8-21(17(2)13-16)18(3)23-22(25)20-6-4-5-19(14-20)15-24-9-11-26-12-10-24/h4-8,13-14,18H,9-12,15H2,1-3H3,(H,23,25)/t18-/m0/s1. The molecular formula is C22H28N2O2. The molecule has 3 rings (SSSR count). The molecule has 4 heteroatoms. The van der Waals surface area contributed by atoms with Gasteiger partial charge in [-0.1, -0.05) is 35.9 Å². The van der Waals surface area contributed by atoms with Crippen LogP contribution in [0.1, 0.15) is 45.6 Å². The lowest BCUT2D eigenvalue weighted by molar-refractivity contribution is 0.0342. The largest absolute Gasteiger partial charge is 0.379 e. The van der Waals surface area contributed by atoms with Crippen LogP contribution in [0.5, 0.6) is 0 Å². The second-order valence-corrected chi connectivity index (χ2v) is 7.14. The van der Waals surface area contributed by atoms with Gasteiger partial charge in [0.1, 0.15) is 0 Å². The Labute approximate surface area is 156 Å². The minimum Gasteiger partial charge on any atom is -0.379 e. The molecular weight excluding hydrogens is 324 g/mol. The van der Waals surface area contributed by atoms with Crippen molar-refractivity contribution in [1.29, 1.82) is 0 Å². The Morgan fingerprint density at radius 3 is 2.65 bits per heavy atom. The number of aryl methyl sites for hydroxylation is 2. The van der Waals surface area contributed by atoms with Crippen molar-refractivity contribution in [2.24, 2.45) is 0 Å². The molecule has 1 aliphatic rings. The Bertz CT molecular complexity index is 766. The first-order chi connectivity index (χ1) is 12.5. The van der Waals surface area contributed by atoms with E-state index in [2.05, 4.69) is 48.3 Å². The molecule has 2 aromatic rings. The molecule has 26 heavy (non-hydrogen) atoms. The maximum atomic E-state index is 12.7. The number of rotatable bonds is 5. The van der Waals surface area contributed by atoms with Gasteiger partial charge in [0, 0.05) is 25.2 Å². The maximum absolute atomic E-state index is 12.7. The summed E-state index contributed by atoms with van der Waals surface area (Å²) in [6.45, 7) is 10.5. The minimum absolute atomic E-state index is 0.0222. The smallest absolute Gasteiger partial charge is 0.251 e. The van der Waals surface area contributed by atoms with E-state index in [-0.39, 0.29) is 11.9 Å². The lowest BCUT2D eigenvalue weighted by Crippen LogP contribution is -2.35. The van der Waals surface area contributed by atoms with Gasteiger partial charge in [0.25, 0.3) is 5.91 Å². The van der Waals surface area contributed by atoms with E-state index in [1.54, 1.807) is 0 Å². The van der Waals surface area contributed by atoms with Crippen LogP contribution < -0.4 is 5.32 Å². The van der Waals surface area contributed by atoms with Crippen LogP contribution in [-0.2, 0) is 11.3 Å². The molecule has 1 saturated heterocycles. The Morgan fingerprint density at radius 1 is 1.15 bits per heavy atom. The summed E-state index contributed by atoms with van der Waals surface area (Å²) in [5.41, 5.74) is 5.49. The number of benzene rings is 2. The van der Waals surface area contributed by atoms with Crippen molar-refractivity contribution in [2.45, 2.75) is 33.4 Å². The van der Waals surface area contributed by atoms with Crippen molar-refractivity contribution in [3.8, 4) is 0 Å². The summed E-state index contributed by atoms with van der Waals surface area (Å²) in [6.07, 6.45) is 0. The molecule has 0 unspecified atom stereocenters. The zero-order chi connectivity index (χ0) is 18.5. The number of ether oxygens (including phenoxy) is 1. The van der Waals surface area contributed by atoms with Crippen molar-refractivity contribution < 1.29 is 9.53 Å². The van der Waals surface area contributed by atoms with Crippen molar-refractivity contribution >= 4 is 5.91 Å².